The van der Waals surface area contributed by atoms with Crippen LogP contribution >= 0.6 is 0 Å². The van der Waals surface area contributed by atoms with Gasteiger partial charge in [-0.3, -0.25) is 4.79 Å². The molecule has 0 aromatic heterocycles. The Hall–Kier alpha value is -1.64. The molecule has 15 heavy (non-hydrogen) atoms. The zero-order chi connectivity index (χ0) is 10.8. The van der Waals surface area contributed by atoms with Gasteiger partial charge in [0.25, 0.3) is 0 Å². The number of hydrazone groups is 1. The van der Waals surface area contributed by atoms with Crippen molar-refractivity contribution in [3.8, 4) is 0 Å². The van der Waals surface area contributed by atoms with Crippen LogP contribution < -0.4 is 0 Å². The highest BCUT2D eigenvalue weighted by Crippen LogP contribution is 2.15. The summed E-state index contributed by atoms with van der Waals surface area (Å²) < 4.78 is 0. The van der Waals surface area contributed by atoms with E-state index < -0.39 is 0 Å². The van der Waals surface area contributed by atoms with Crippen LogP contribution in [0.25, 0.3) is 0 Å². The zero-order valence-electron chi connectivity index (χ0n) is 9.03. The first kappa shape index (κ1) is 9.90. The van der Waals surface area contributed by atoms with Gasteiger partial charge in [0.15, 0.2) is 0 Å². The zero-order valence-corrected chi connectivity index (χ0v) is 9.03. The number of hydrogen-bond acceptors (Lipinski definition) is 2. The lowest BCUT2D eigenvalue weighted by Crippen LogP contribution is -2.24. The van der Waals surface area contributed by atoms with Crippen molar-refractivity contribution >= 4 is 11.6 Å². The van der Waals surface area contributed by atoms with Crippen molar-refractivity contribution < 1.29 is 4.79 Å². The first-order valence-corrected chi connectivity index (χ1v) is 5.10. The van der Waals surface area contributed by atoms with Crippen molar-refractivity contribution in [2.24, 2.45) is 5.10 Å². The topological polar surface area (TPSA) is 32.7 Å². The van der Waals surface area contributed by atoms with E-state index in [1.54, 1.807) is 6.92 Å². The molecule has 1 heterocycles. The van der Waals surface area contributed by atoms with Gasteiger partial charge < -0.3 is 0 Å². The van der Waals surface area contributed by atoms with E-state index in [9.17, 15) is 4.79 Å². The van der Waals surface area contributed by atoms with Crippen LogP contribution in [-0.4, -0.2) is 23.2 Å². The van der Waals surface area contributed by atoms with E-state index in [0.29, 0.717) is 6.54 Å². The Bertz CT molecular complexity index is 423. The molecule has 0 fully saturated rings. The molecular formula is C12H14N2O. The molecule has 2 rings (SSSR count). The third kappa shape index (κ3) is 1.91. The van der Waals surface area contributed by atoms with Crippen molar-refractivity contribution in [1.82, 2.24) is 5.01 Å². The Morgan fingerprint density at radius 1 is 1.40 bits per heavy atom. The lowest BCUT2D eigenvalue weighted by molar-refractivity contribution is -0.128. The summed E-state index contributed by atoms with van der Waals surface area (Å²) in [4.78, 5) is 11.3. The molecule has 0 N–H and O–H groups in total. The van der Waals surface area contributed by atoms with Crippen LogP contribution in [-0.2, 0) is 11.2 Å². The molecular weight excluding hydrogens is 188 g/mol. The Morgan fingerprint density at radius 3 is 2.87 bits per heavy atom. The average molecular weight is 202 g/mol. The second-order valence-electron chi connectivity index (χ2n) is 3.73. The van der Waals surface area contributed by atoms with Crippen LogP contribution in [0.1, 0.15) is 25.0 Å². The van der Waals surface area contributed by atoms with E-state index in [0.717, 1.165) is 17.7 Å². The number of rotatable bonds is 0. The summed E-state index contributed by atoms with van der Waals surface area (Å²) in [5.74, 6) is 0.00200. The second-order valence-corrected chi connectivity index (χ2v) is 3.73. The summed E-state index contributed by atoms with van der Waals surface area (Å²) in [7, 11) is 0. The summed E-state index contributed by atoms with van der Waals surface area (Å²) in [5.41, 5.74) is 3.34. The number of nitrogens with zero attached hydrogens (tertiary/aromatic N) is 2. The predicted molar refractivity (Wildman–Crippen MR) is 59.7 cm³/mol. The van der Waals surface area contributed by atoms with Gasteiger partial charge in [-0.2, -0.15) is 5.10 Å². The third-order valence-corrected chi connectivity index (χ3v) is 2.63. The second kappa shape index (κ2) is 3.85. The molecule has 1 aliphatic rings. The van der Waals surface area contributed by atoms with E-state index in [2.05, 4.69) is 17.2 Å². The normalized spacial score (nSPS) is 15.3. The fourth-order valence-electron chi connectivity index (χ4n) is 1.83. The summed E-state index contributed by atoms with van der Waals surface area (Å²) >= 11 is 0. The largest absolute Gasteiger partial charge is 0.273 e. The number of hydrogen-bond donors (Lipinski definition) is 0. The Labute approximate surface area is 89.4 Å². The van der Waals surface area contributed by atoms with E-state index in [1.807, 2.05) is 19.1 Å². The van der Waals surface area contributed by atoms with E-state index >= 15 is 0 Å². The molecule has 0 saturated heterocycles. The molecule has 0 unspecified atom stereocenters. The van der Waals surface area contributed by atoms with Gasteiger partial charge >= 0.3 is 0 Å². The molecule has 1 amide bonds. The van der Waals surface area contributed by atoms with Gasteiger partial charge in [-0.15, -0.1) is 0 Å². The molecule has 1 aliphatic heterocycles. The van der Waals surface area contributed by atoms with Gasteiger partial charge in [-0.1, -0.05) is 24.3 Å². The van der Waals surface area contributed by atoms with Crippen LogP contribution in [0, 0.1) is 0 Å². The van der Waals surface area contributed by atoms with Crippen molar-refractivity contribution in [1.29, 1.82) is 0 Å². The molecule has 0 aliphatic carbocycles. The average Bonchev–Trinajstić information content (AvgIpc) is 2.39. The predicted octanol–water partition coefficient (Wildman–Crippen LogP) is 1.82. The van der Waals surface area contributed by atoms with Gasteiger partial charge in [0.1, 0.15) is 0 Å². The van der Waals surface area contributed by atoms with E-state index in [4.69, 9.17) is 0 Å². The van der Waals surface area contributed by atoms with Crippen molar-refractivity contribution in [3.05, 3.63) is 35.4 Å². The number of fused-ring (bicyclic) bond motifs is 1. The highest BCUT2D eigenvalue weighted by Gasteiger charge is 2.15. The molecule has 3 heteroatoms. The monoisotopic (exact) mass is 202 g/mol. The number of amides is 1. The van der Waals surface area contributed by atoms with Crippen LogP contribution in [0.3, 0.4) is 0 Å². The lowest BCUT2D eigenvalue weighted by Gasteiger charge is -2.12. The molecule has 78 valence electrons. The Morgan fingerprint density at radius 2 is 2.13 bits per heavy atom. The van der Waals surface area contributed by atoms with Gasteiger partial charge in [-0.05, 0) is 18.9 Å². The fourth-order valence-corrected chi connectivity index (χ4v) is 1.83. The number of carbonyl (C=O) groups is 1. The molecule has 1 aromatic rings. The smallest absolute Gasteiger partial charge is 0.239 e. The molecule has 0 radical (unpaired) electrons. The highest BCUT2D eigenvalue weighted by molar-refractivity contribution is 6.00. The SMILES string of the molecule is CC(=O)N1CCc2ccccc2C(C)=N1. The Kier molecular flexibility index (Phi) is 2.54. The first-order valence-electron chi connectivity index (χ1n) is 5.10. The molecule has 0 spiro atoms. The van der Waals surface area contributed by atoms with Gasteiger partial charge in [0.2, 0.25) is 5.91 Å². The minimum absolute atomic E-state index is 0.00200. The highest BCUT2D eigenvalue weighted by atomic mass is 16.2. The van der Waals surface area contributed by atoms with E-state index in [-0.39, 0.29) is 5.91 Å². The molecule has 1 aromatic carbocycles. The first-order chi connectivity index (χ1) is 7.18. The fraction of sp³-hybridized carbons (Fsp3) is 0.333. The van der Waals surface area contributed by atoms with Crippen LogP contribution in [0.5, 0.6) is 0 Å². The van der Waals surface area contributed by atoms with Crippen LogP contribution in [0.4, 0.5) is 0 Å². The standard InChI is InChI=1S/C12H14N2O/c1-9-12-6-4-3-5-11(12)7-8-14(13-9)10(2)15/h3-6H,7-8H2,1-2H3. The van der Waals surface area contributed by atoms with Crippen molar-refractivity contribution in [2.75, 3.05) is 6.54 Å². The lowest BCUT2D eigenvalue weighted by atomic mass is 10.0. The van der Waals surface area contributed by atoms with Gasteiger partial charge in [-0.25, -0.2) is 5.01 Å². The van der Waals surface area contributed by atoms with Crippen LogP contribution in [0.15, 0.2) is 29.4 Å². The van der Waals surface area contributed by atoms with Crippen molar-refractivity contribution in [3.63, 3.8) is 0 Å². The quantitative estimate of drug-likeness (QED) is 0.631. The minimum atomic E-state index is 0.00200. The molecule has 3 nitrogen and oxygen atoms in total. The van der Waals surface area contributed by atoms with E-state index in [1.165, 1.54) is 10.6 Å². The minimum Gasteiger partial charge on any atom is -0.273 e. The number of benzene rings is 1. The summed E-state index contributed by atoms with van der Waals surface area (Å²) in [6.07, 6.45) is 0.872. The molecule has 0 bridgehead atoms. The maximum atomic E-state index is 11.3. The number of carbonyl (C=O) groups excluding carboxylic acids is 1. The summed E-state index contributed by atoms with van der Waals surface area (Å²) in [5, 5.41) is 5.85. The van der Waals surface area contributed by atoms with Crippen LogP contribution in [0.2, 0.25) is 0 Å². The maximum Gasteiger partial charge on any atom is 0.239 e. The van der Waals surface area contributed by atoms with Gasteiger partial charge in [0.05, 0.1) is 5.71 Å². The Balaban J connectivity index is 2.41. The summed E-state index contributed by atoms with van der Waals surface area (Å²) in [6.45, 7) is 4.16. The molecule has 0 atom stereocenters. The maximum absolute atomic E-state index is 11.3. The summed E-state index contributed by atoms with van der Waals surface area (Å²) in [6, 6.07) is 8.17. The van der Waals surface area contributed by atoms with Gasteiger partial charge in [0, 0.05) is 19.0 Å². The van der Waals surface area contributed by atoms with Crippen molar-refractivity contribution in [2.45, 2.75) is 20.3 Å². The molecule has 0 saturated carbocycles. The third-order valence-electron chi connectivity index (χ3n) is 2.63.